The van der Waals surface area contributed by atoms with Gasteiger partial charge in [-0.1, -0.05) is 6.42 Å². The average Bonchev–Trinajstić information content (AvgIpc) is 3.36. The van der Waals surface area contributed by atoms with Crippen LogP contribution in [-0.4, -0.2) is 56.4 Å². The van der Waals surface area contributed by atoms with E-state index in [0.717, 1.165) is 12.1 Å². The van der Waals surface area contributed by atoms with Crippen molar-refractivity contribution in [3.05, 3.63) is 29.8 Å². The second-order valence-electron chi connectivity index (χ2n) is 10.5. The Kier molecular flexibility index (Phi) is 7.55. The van der Waals surface area contributed by atoms with Crippen LogP contribution >= 0.6 is 0 Å². The highest BCUT2D eigenvalue weighted by atomic mass is 19.3. The summed E-state index contributed by atoms with van der Waals surface area (Å²) < 4.78 is 55.9. The van der Waals surface area contributed by atoms with Gasteiger partial charge in [-0.05, 0) is 45.7 Å². The van der Waals surface area contributed by atoms with Gasteiger partial charge in [-0.3, -0.25) is 4.79 Å². The van der Waals surface area contributed by atoms with Crippen molar-refractivity contribution in [2.24, 2.45) is 0 Å². The third kappa shape index (κ3) is 6.01. The van der Waals surface area contributed by atoms with Crippen LogP contribution in [0.3, 0.4) is 0 Å². The van der Waals surface area contributed by atoms with Gasteiger partial charge in [0.05, 0.1) is 6.10 Å². The molecule has 1 aromatic carbocycles. The van der Waals surface area contributed by atoms with Crippen LogP contribution in [0.4, 0.5) is 19.0 Å². The number of aromatic nitrogens is 2. The number of unbranched alkanes of at least 4 members (excludes halogenated alkanes) is 2. The summed E-state index contributed by atoms with van der Waals surface area (Å²) in [6.45, 7) is 4.97. The van der Waals surface area contributed by atoms with Crippen molar-refractivity contribution in [3.63, 3.8) is 0 Å². The van der Waals surface area contributed by atoms with Crippen LogP contribution in [-0.2, 0) is 20.2 Å². The zero-order valence-corrected chi connectivity index (χ0v) is 21.3. The maximum atomic E-state index is 15.4. The van der Waals surface area contributed by atoms with Crippen molar-refractivity contribution in [1.82, 2.24) is 9.97 Å². The topological polar surface area (TPSA) is 126 Å². The molecule has 0 bridgehead atoms. The first-order valence-electron chi connectivity index (χ1n) is 12.4. The molecule has 0 spiro atoms. The molecule has 1 aliphatic heterocycles. The molecular weight excluding hydrogens is 507 g/mol. The number of alkyl halides is 2. The van der Waals surface area contributed by atoms with Gasteiger partial charge in [-0.25, -0.2) is 19.2 Å². The summed E-state index contributed by atoms with van der Waals surface area (Å²) in [7, 11) is 0. The predicted octanol–water partition coefficient (Wildman–Crippen LogP) is 4.92. The van der Waals surface area contributed by atoms with Gasteiger partial charge in [0, 0.05) is 37.3 Å². The maximum Gasteiger partial charge on any atom is 0.329 e. The second-order valence-corrected chi connectivity index (χ2v) is 10.5. The summed E-state index contributed by atoms with van der Waals surface area (Å²) in [5.74, 6) is -6.67. The quantitative estimate of drug-likeness (QED) is 0.289. The first-order valence-corrected chi connectivity index (χ1v) is 12.4. The first kappa shape index (κ1) is 27.6. The number of carbonyl (C=O) groups excluding carboxylic acids is 1. The van der Waals surface area contributed by atoms with E-state index < -0.39 is 53.7 Å². The number of carbonyl (C=O) groups is 2. The number of hydrogen-bond donors (Lipinski definition) is 2. The number of aliphatic hydroxyl groups excluding tert-OH is 1. The van der Waals surface area contributed by atoms with E-state index in [1.165, 1.54) is 11.0 Å². The van der Waals surface area contributed by atoms with Crippen molar-refractivity contribution >= 4 is 39.8 Å². The van der Waals surface area contributed by atoms with E-state index in [9.17, 15) is 19.1 Å². The number of aliphatic hydroxyl groups is 1. The summed E-state index contributed by atoms with van der Waals surface area (Å²) >= 11 is 0. The number of halogens is 3. The zero-order chi connectivity index (χ0) is 27.8. The van der Waals surface area contributed by atoms with Crippen molar-refractivity contribution in [2.75, 3.05) is 11.4 Å². The highest BCUT2D eigenvalue weighted by Crippen LogP contribution is 2.40. The number of aliphatic carboxylic acids is 1. The minimum atomic E-state index is -3.49. The molecule has 2 N–H and O–H groups in total. The zero-order valence-electron chi connectivity index (χ0n) is 21.3. The predicted molar refractivity (Wildman–Crippen MR) is 131 cm³/mol. The minimum absolute atomic E-state index is 0.00936. The summed E-state index contributed by atoms with van der Waals surface area (Å²) in [4.78, 5) is 33.3. The second kappa shape index (κ2) is 10.4. The third-order valence-electron chi connectivity index (χ3n) is 6.20. The average molecular weight is 538 g/mol. The fourth-order valence-electron chi connectivity index (χ4n) is 4.51. The molecule has 0 saturated carbocycles. The molecule has 1 fully saturated rings. The molecule has 12 heteroatoms. The molecule has 4 rings (SSSR count). The van der Waals surface area contributed by atoms with Crippen LogP contribution in [0.5, 0.6) is 0 Å². The van der Waals surface area contributed by atoms with Crippen LogP contribution in [0.2, 0.25) is 0 Å². The van der Waals surface area contributed by atoms with E-state index in [0.29, 0.717) is 0 Å². The summed E-state index contributed by atoms with van der Waals surface area (Å²) in [6.07, 6.45) is -1.12. The monoisotopic (exact) mass is 537 g/mol. The van der Waals surface area contributed by atoms with Gasteiger partial charge < -0.3 is 24.3 Å². The van der Waals surface area contributed by atoms with E-state index in [1.54, 1.807) is 20.8 Å². The van der Waals surface area contributed by atoms with Crippen molar-refractivity contribution in [1.29, 1.82) is 0 Å². The lowest BCUT2D eigenvalue weighted by atomic mass is 10.1. The highest BCUT2D eigenvalue weighted by molar-refractivity contribution is 6.06. The molecule has 206 valence electrons. The molecule has 0 unspecified atom stereocenters. The summed E-state index contributed by atoms with van der Waals surface area (Å²) in [5, 5.41) is 19.4. The number of β-amino-alcohol motifs (C(OH)–C–C–N with tert-alkyl or cyclic N) is 1. The molecule has 0 aliphatic carbocycles. The molecule has 1 aliphatic rings. The number of esters is 1. The van der Waals surface area contributed by atoms with E-state index in [2.05, 4.69) is 9.97 Å². The lowest BCUT2D eigenvalue weighted by Gasteiger charge is -2.28. The van der Waals surface area contributed by atoms with Crippen LogP contribution in [0, 0.1) is 5.82 Å². The molecule has 2 aromatic heterocycles. The van der Waals surface area contributed by atoms with Crippen LogP contribution in [0.1, 0.15) is 65.1 Å². The molecular formula is C26H30F3N3O6. The van der Waals surface area contributed by atoms with Crippen molar-refractivity contribution < 1.29 is 42.1 Å². The van der Waals surface area contributed by atoms with Gasteiger partial charge in [0.15, 0.2) is 11.4 Å². The molecule has 1 saturated heterocycles. The first-order chi connectivity index (χ1) is 17.7. The maximum absolute atomic E-state index is 15.4. The fourth-order valence-corrected chi connectivity index (χ4v) is 4.51. The number of carboxylic acids is 1. The summed E-state index contributed by atoms with van der Waals surface area (Å²) in [5.41, 5.74) is -0.755. The van der Waals surface area contributed by atoms with Gasteiger partial charge in [-0.15, -0.1) is 0 Å². The lowest BCUT2D eigenvalue weighted by molar-refractivity contribution is -0.156. The molecule has 9 nitrogen and oxygen atoms in total. The van der Waals surface area contributed by atoms with Crippen LogP contribution in [0.15, 0.2) is 22.6 Å². The number of hydrogen-bond acceptors (Lipinski definition) is 8. The highest BCUT2D eigenvalue weighted by Gasteiger charge is 2.43. The SMILES string of the molecule is CC(C)(C)OC(=O)[C@@H]1C[C@H](O)CN1c1nc(C(F)(F)CCCCCC(=O)O)nc2c1oc1cc(F)ccc12. The Hall–Kier alpha value is -3.41. The van der Waals surface area contributed by atoms with Crippen molar-refractivity contribution in [3.8, 4) is 0 Å². The number of carboxylic acid groups (broad SMARTS) is 1. The number of furan rings is 1. The Balaban J connectivity index is 1.77. The number of nitrogens with zero attached hydrogens (tertiary/aromatic N) is 3. The Bertz CT molecular complexity index is 1350. The minimum Gasteiger partial charge on any atom is -0.481 e. The van der Waals surface area contributed by atoms with Gasteiger partial charge in [0.2, 0.25) is 5.82 Å². The molecule has 0 radical (unpaired) electrons. The number of fused-ring (bicyclic) bond motifs is 3. The van der Waals surface area contributed by atoms with E-state index in [1.807, 2.05) is 0 Å². The number of ether oxygens (including phenoxy) is 1. The largest absolute Gasteiger partial charge is 0.481 e. The normalized spacial score (nSPS) is 18.4. The molecule has 3 aromatic rings. The van der Waals surface area contributed by atoms with Gasteiger partial charge in [-0.2, -0.15) is 8.78 Å². The molecule has 0 amide bonds. The van der Waals surface area contributed by atoms with Gasteiger partial charge in [0.25, 0.3) is 0 Å². The molecule has 3 heterocycles. The van der Waals surface area contributed by atoms with E-state index in [-0.39, 0.29) is 66.5 Å². The van der Waals surface area contributed by atoms with Crippen molar-refractivity contribution in [2.45, 2.75) is 83.0 Å². The third-order valence-corrected chi connectivity index (χ3v) is 6.20. The Morgan fingerprint density at radius 2 is 1.92 bits per heavy atom. The van der Waals surface area contributed by atoms with Crippen LogP contribution in [0.25, 0.3) is 22.1 Å². The number of benzene rings is 1. The molecule has 2 atom stereocenters. The Labute approximate surface area is 216 Å². The Morgan fingerprint density at radius 3 is 2.61 bits per heavy atom. The smallest absolute Gasteiger partial charge is 0.329 e. The Morgan fingerprint density at radius 1 is 1.18 bits per heavy atom. The number of rotatable bonds is 9. The standard InChI is InChI=1S/C26H30F3N3O6/c1-25(2,3)38-23(36)17-12-15(33)13-32(17)22-21-20(16-9-8-14(27)11-18(16)37-21)30-24(31-22)26(28,29)10-6-4-5-7-19(34)35/h8-9,11,15,17,33H,4-7,10,12-13H2,1-3H3,(H,34,35)/t15-,17-/m0/s1. The summed E-state index contributed by atoms with van der Waals surface area (Å²) in [6, 6.07) is 2.60. The number of anilines is 1. The van der Waals surface area contributed by atoms with Crippen LogP contribution < -0.4 is 4.90 Å². The van der Waals surface area contributed by atoms with E-state index in [4.69, 9.17) is 14.3 Å². The molecule has 38 heavy (non-hydrogen) atoms. The fraction of sp³-hybridized carbons (Fsp3) is 0.538. The van der Waals surface area contributed by atoms with E-state index >= 15 is 8.78 Å². The van der Waals surface area contributed by atoms with Gasteiger partial charge in [0.1, 0.15) is 28.6 Å². The van der Waals surface area contributed by atoms with Gasteiger partial charge >= 0.3 is 17.9 Å². The lowest BCUT2D eigenvalue weighted by Crippen LogP contribution is -2.41.